The van der Waals surface area contributed by atoms with Crippen molar-refractivity contribution in [2.45, 2.75) is 46.6 Å². The molecule has 1 fully saturated rings. The minimum Gasteiger partial charge on any atom is -0.480 e. The second-order valence-corrected chi connectivity index (χ2v) is 5.69. The number of aliphatic carboxylic acids is 1. The highest BCUT2D eigenvalue weighted by Gasteiger charge is 2.31. The Labute approximate surface area is 92.5 Å². The Kier molecular flexibility index (Phi) is 3.77. The van der Waals surface area contributed by atoms with Crippen molar-refractivity contribution < 1.29 is 9.90 Å². The molecule has 1 atom stereocenters. The molecule has 0 spiro atoms. The van der Waals surface area contributed by atoms with Crippen LogP contribution in [0, 0.1) is 11.3 Å². The van der Waals surface area contributed by atoms with Crippen molar-refractivity contribution in [2.24, 2.45) is 11.3 Å². The molecule has 0 amide bonds. The largest absolute Gasteiger partial charge is 0.480 e. The predicted molar refractivity (Wildman–Crippen MR) is 60.8 cm³/mol. The first-order chi connectivity index (χ1) is 6.82. The summed E-state index contributed by atoms with van der Waals surface area (Å²) in [4.78, 5) is 12.9. The van der Waals surface area contributed by atoms with E-state index in [1.165, 1.54) is 0 Å². The van der Waals surface area contributed by atoms with Gasteiger partial charge in [-0.15, -0.1) is 0 Å². The first-order valence-electron chi connectivity index (χ1n) is 5.79. The van der Waals surface area contributed by atoms with Crippen LogP contribution in [0.3, 0.4) is 0 Å². The van der Waals surface area contributed by atoms with Gasteiger partial charge in [0.15, 0.2) is 0 Å². The molecule has 0 bridgehead atoms. The van der Waals surface area contributed by atoms with Crippen LogP contribution in [0.5, 0.6) is 0 Å². The smallest absolute Gasteiger partial charge is 0.320 e. The number of carboxylic acid groups (broad SMARTS) is 1. The zero-order chi connectivity index (χ0) is 11.6. The summed E-state index contributed by atoms with van der Waals surface area (Å²) < 4.78 is 0. The molecule has 15 heavy (non-hydrogen) atoms. The Morgan fingerprint density at radius 3 is 2.13 bits per heavy atom. The summed E-state index contributed by atoms with van der Waals surface area (Å²) in [5, 5.41) is 8.92. The molecular weight excluding hydrogens is 190 g/mol. The van der Waals surface area contributed by atoms with Gasteiger partial charge in [-0.1, -0.05) is 20.8 Å². The summed E-state index contributed by atoms with van der Waals surface area (Å²) in [5.41, 5.74) is 0.360. The van der Waals surface area contributed by atoms with E-state index in [1.54, 1.807) is 6.92 Å². The molecule has 0 aromatic rings. The third-order valence-corrected chi connectivity index (χ3v) is 3.66. The van der Waals surface area contributed by atoms with Gasteiger partial charge in [0.2, 0.25) is 0 Å². The standard InChI is InChI=1S/C12H23NO2/c1-9(11(14)15)13-7-5-10(6-8-13)12(2,3)4/h9-10H,5-8H2,1-4H3,(H,14,15). The second kappa shape index (κ2) is 4.52. The summed E-state index contributed by atoms with van der Waals surface area (Å²) in [5.74, 6) is 0.0268. The molecule has 1 aliphatic rings. The number of piperidine rings is 1. The Morgan fingerprint density at radius 2 is 1.80 bits per heavy atom. The van der Waals surface area contributed by atoms with Gasteiger partial charge in [-0.05, 0) is 44.2 Å². The molecule has 1 unspecified atom stereocenters. The maximum atomic E-state index is 10.8. The van der Waals surface area contributed by atoms with Crippen molar-refractivity contribution in [2.75, 3.05) is 13.1 Å². The van der Waals surface area contributed by atoms with E-state index in [4.69, 9.17) is 5.11 Å². The van der Waals surface area contributed by atoms with Crippen LogP contribution in [0.15, 0.2) is 0 Å². The average Bonchev–Trinajstić information content (AvgIpc) is 2.15. The monoisotopic (exact) mass is 213 g/mol. The van der Waals surface area contributed by atoms with Crippen LogP contribution >= 0.6 is 0 Å². The van der Waals surface area contributed by atoms with E-state index in [-0.39, 0.29) is 6.04 Å². The summed E-state index contributed by atoms with van der Waals surface area (Å²) >= 11 is 0. The molecule has 0 radical (unpaired) electrons. The van der Waals surface area contributed by atoms with Crippen molar-refractivity contribution in [3.8, 4) is 0 Å². The molecule has 3 heteroatoms. The fourth-order valence-corrected chi connectivity index (χ4v) is 2.31. The molecule has 1 heterocycles. The van der Waals surface area contributed by atoms with Crippen molar-refractivity contribution in [1.29, 1.82) is 0 Å². The first-order valence-corrected chi connectivity index (χ1v) is 5.79. The molecule has 88 valence electrons. The van der Waals surface area contributed by atoms with Gasteiger partial charge in [0.05, 0.1) is 0 Å². The molecule has 1 rings (SSSR count). The maximum absolute atomic E-state index is 10.8. The van der Waals surface area contributed by atoms with Crippen LogP contribution in [-0.2, 0) is 4.79 Å². The van der Waals surface area contributed by atoms with E-state index >= 15 is 0 Å². The number of rotatable bonds is 2. The van der Waals surface area contributed by atoms with Gasteiger partial charge in [-0.3, -0.25) is 9.69 Å². The van der Waals surface area contributed by atoms with Crippen molar-refractivity contribution >= 4 is 5.97 Å². The molecule has 1 saturated heterocycles. The number of carbonyl (C=O) groups is 1. The van der Waals surface area contributed by atoms with Gasteiger partial charge in [0.25, 0.3) is 0 Å². The number of carboxylic acids is 1. The van der Waals surface area contributed by atoms with E-state index < -0.39 is 5.97 Å². The number of likely N-dealkylation sites (tertiary alicyclic amines) is 1. The van der Waals surface area contributed by atoms with Gasteiger partial charge in [-0.25, -0.2) is 0 Å². The Morgan fingerprint density at radius 1 is 1.33 bits per heavy atom. The highest BCUT2D eigenvalue weighted by Crippen LogP contribution is 2.34. The molecule has 1 N–H and O–H groups in total. The zero-order valence-electron chi connectivity index (χ0n) is 10.3. The van der Waals surface area contributed by atoms with Gasteiger partial charge in [0, 0.05) is 0 Å². The van der Waals surface area contributed by atoms with E-state index in [9.17, 15) is 4.79 Å². The lowest BCUT2D eigenvalue weighted by Gasteiger charge is -2.40. The van der Waals surface area contributed by atoms with E-state index in [1.807, 2.05) is 0 Å². The van der Waals surface area contributed by atoms with Gasteiger partial charge >= 0.3 is 5.97 Å². The SMILES string of the molecule is CC(C(=O)O)N1CCC(C(C)(C)C)CC1. The Balaban J connectivity index is 2.46. The van der Waals surface area contributed by atoms with Crippen LogP contribution in [-0.4, -0.2) is 35.1 Å². The lowest BCUT2D eigenvalue weighted by molar-refractivity contribution is -0.143. The zero-order valence-corrected chi connectivity index (χ0v) is 10.3. The van der Waals surface area contributed by atoms with Gasteiger partial charge in [-0.2, -0.15) is 0 Å². The number of nitrogens with zero attached hydrogens (tertiary/aromatic N) is 1. The van der Waals surface area contributed by atoms with Crippen molar-refractivity contribution in [3.63, 3.8) is 0 Å². The normalized spacial score (nSPS) is 22.7. The molecule has 3 nitrogen and oxygen atoms in total. The molecule has 0 saturated carbocycles. The highest BCUT2D eigenvalue weighted by atomic mass is 16.4. The summed E-state index contributed by atoms with van der Waals surface area (Å²) in [7, 11) is 0. The van der Waals surface area contributed by atoms with E-state index in [2.05, 4.69) is 25.7 Å². The minimum atomic E-state index is -0.704. The highest BCUT2D eigenvalue weighted by molar-refractivity contribution is 5.72. The Bertz CT molecular complexity index is 224. The lowest BCUT2D eigenvalue weighted by Crippen LogP contribution is -2.45. The van der Waals surface area contributed by atoms with Crippen molar-refractivity contribution in [1.82, 2.24) is 4.90 Å². The van der Waals surface area contributed by atoms with Crippen LogP contribution in [0.1, 0.15) is 40.5 Å². The quantitative estimate of drug-likeness (QED) is 0.764. The fraction of sp³-hybridized carbons (Fsp3) is 0.917. The van der Waals surface area contributed by atoms with Gasteiger partial charge < -0.3 is 5.11 Å². The summed E-state index contributed by atoms with van der Waals surface area (Å²) in [6.45, 7) is 10.4. The average molecular weight is 213 g/mol. The molecular formula is C12H23NO2. The van der Waals surface area contributed by atoms with Crippen LogP contribution < -0.4 is 0 Å². The van der Waals surface area contributed by atoms with Crippen LogP contribution in [0.25, 0.3) is 0 Å². The first kappa shape index (κ1) is 12.5. The van der Waals surface area contributed by atoms with Gasteiger partial charge in [0.1, 0.15) is 6.04 Å². The van der Waals surface area contributed by atoms with E-state index in [0.717, 1.165) is 31.8 Å². The predicted octanol–water partition coefficient (Wildman–Crippen LogP) is 2.22. The fourth-order valence-electron chi connectivity index (χ4n) is 2.31. The van der Waals surface area contributed by atoms with E-state index in [0.29, 0.717) is 5.41 Å². The second-order valence-electron chi connectivity index (χ2n) is 5.69. The number of hydrogen-bond acceptors (Lipinski definition) is 2. The topological polar surface area (TPSA) is 40.5 Å². The minimum absolute atomic E-state index is 0.328. The molecule has 0 aromatic heterocycles. The third kappa shape index (κ3) is 3.20. The molecule has 0 aromatic carbocycles. The van der Waals surface area contributed by atoms with Crippen LogP contribution in [0.2, 0.25) is 0 Å². The maximum Gasteiger partial charge on any atom is 0.320 e. The lowest BCUT2D eigenvalue weighted by atomic mass is 9.75. The van der Waals surface area contributed by atoms with Crippen LogP contribution in [0.4, 0.5) is 0 Å². The summed E-state index contributed by atoms with van der Waals surface area (Å²) in [6.07, 6.45) is 2.25. The number of hydrogen-bond donors (Lipinski definition) is 1. The third-order valence-electron chi connectivity index (χ3n) is 3.66. The summed E-state index contributed by atoms with van der Waals surface area (Å²) in [6, 6.07) is -0.328. The Hall–Kier alpha value is -0.570. The molecule has 0 aliphatic carbocycles. The van der Waals surface area contributed by atoms with Crippen molar-refractivity contribution in [3.05, 3.63) is 0 Å². The molecule has 1 aliphatic heterocycles.